The number of phenols is 1. The lowest BCUT2D eigenvalue weighted by molar-refractivity contribution is 0.102. The quantitative estimate of drug-likeness (QED) is 0.632. The van der Waals surface area contributed by atoms with E-state index in [1.165, 1.54) is 23.5 Å². The largest absolute Gasteiger partial charge is 0.508 e. The van der Waals surface area contributed by atoms with Crippen LogP contribution in [0.25, 0.3) is 10.2 Å². The number of nitrogens with two attached hydrogens (primary N) is 1. The Kier molecular flexibility index (Phi) is 3.00. The Balaban J connectivity index is 1.87. The molecule has 100 valence electrons. The zero-order chi connectivity index (χ0) is 14.1. The van der Waals surface area contributed by atoms with Gasteiger partial charge in [0.2, 0.25) is 0 Å². The van der Waals surface area contributed by atoms with E-state index < -0.39 is 0 Å². The van der Waals surface area contributed by atoms with Crippen molar-refractivity contribution < 1.29 is 9.90 Å². The van der Waals surface area contributed by atoms with Crippen LogP contribution in [-0.2, 0) is 0 Å². The highest BCUT2D eigenvalue weighted by atomic mass is 32.1. The number of nitrogen functional groups attached to an aromatic ring is 1. The van der Waals surface area contributed by atoms with Gasteiger partial charge in [0.15, 0.2) is 5.13 Å². The number of hydrogen-bond acceptors (Lipinski definition) is 5. The second-order valence-corrected chi connectivity index (χ2v) is 5.28. The fourth-order valence-electron chi connectivity index (χ4n) is 1.81. The van der Waals surface area contributed by atoms with Gasteiger partial charge in [0.25, 0.3) is 5.91 Å². The molecule has 1 heterocycles. The molecular formula is C14H11N3O2S. The molecule has 3 aromatic rings. The SMILES string of the molecule is Nc1ccc2nc(NC(=O)c3cccc(O)c3)sc2c1. The lowest BCUT2D eigenvalue weighted by Crippen LogP contribution is -2.11. The van der Waals surface area contributed by atoms with Crippen LogP contribution in [0.3, 0.4) is 0 Å². The lowest BCUT2D eigenvalue weighted by atomic mass is 10.2. The number of benzene rings is 2. The van der Waals surface area contributed by atoms with Gasteiger partial charge in [-0.1, -0.05) is 17.4 Å². The van der Waals surface area contributed by atoms with Gasteiger partial charge in [0.1, 0.15) is 5.75 Å². The Bertz CT molecular complexity index is 798. The summed E-state index contributed by atoms with van der Waals surface area (Å²) in [5.41, 5.74) is 7.53. The summed E-state index contributed by atoms with van der Waals surface area (Å²) in [5.74, 6) is -0.261. The molecular weight excluding hydrogens is 274 g/mol. The first kappa shape index (κ1) is 12.4. The average Bonchev–Trinajstić information content (AvgIpc) is 2.80. The van der Waals surface area contributed by atoms with E-state index >= 15 is 0 Å². The van der Waals surface area contributed by atoms with E-state index in [-0.39, 0.29) is 11.7 Å². The Morgan fingerprint density at radius 1 is 1.25 bits per heavy atom. The van der Waals surface area contributed by atoms with Crippen LogP contribution in [0, 0.1) is 0 Å². The number of rotatable bonds is 2. The van der Waals surface area contributed by atoms with E-state index in [2.05, 4.69) is 10.3 Å². The topological polar surface area (TPSA) is 88.2 Å². The maximum atomic E-state index is 12.0. The standard InChI is InChI=1S/C14H11N3O2S/c15-9-4-5-11-12(7-9)20-14(16-11)17-13(19)8-2-1-3-10(18)6-8/h1-7,18H,15H2,(H,16,17,19). The summed E-state index contributed by atoms with van der Waals surface area (Å²) in [7, 11) is 0. The number of amides is 1. The molecule has 0 saturated heterocycles. The Morgan fingerprint density at radius 2 is 2.10 bits per heavy atom. The monoisotopic (exact) mass is 285 g/mol. The number of aromatic nitrogens is 1. The first-order chi connectivity index (χ1) is 9.61. The molecule has 3 rings (SSSR count). The van der Waals surface area contributed by atoms with Crippen molar-refractivity contribution in [3.05, 3.63) is 48.0 Å². The van der Waals surface area contributed by atoms with Crippen LogP contribution in [0.4, 0.5) is 10.8 Å². The van der Waals surface area contributed by atoms with Crippen LogP contribution >= 0.6 is 11.3 Å². The van der Waals surface area contributed by atoms with E-state index in [0.29, 0.717) is 16.4 Å². The Hall–Kier alpha value is -2.60. The van der Waals surface area contributed by atoms with Gasteiger partial charge in [-0.15, -0.1) is 0 Å². The summed E-state index contributed by atoms with van der Waals surface area (Å²) >= 11 is 1.35. The van der Waals surface area contributed by atoms with Crippen molar-refractivity contribution in [2.75, 3.05) is 11.1 Å². The van der Waals surface area contributed by atoms with Gasteiger partial charge in [-0.3, -0.25) is 10.1 Å². The smallest absolute Gasteiger partial charge is 0.257 e. The maximum absolute atomic E-state index is 12.0. The van der Waals surface area contributed by atoms with Gasteiger partial charge >= 0.3 is 0 Å². The third-order valence-electron chi connectivity index (χ3n) is 2.74. The molecule has 0 bridgehead atoms. The van der Waals surface area contributed by atoms with Crippen molar-refractivity contribution >= 4 is 38.3 Å². The molecule has 0 unspecified atom stereocenters. The minimum absolute atomic E-state index is 0.0507. The van der Waals surface area contributed by atoms with Gasteiger partial charge in [0, 0.05) is 11.3 Å². The molecule has 0 saturated carbocycles. The highest BCUT2D eigenvalue weighted by Gasteiger charge is 2.10. The van der Waals surface area contributed by atoms with Crippen molar-refractivity contribution in [1.82, 2.24) is 4.98 Å². The molecule has 0 atom stereocenters. The molecule has 0 aliphatic carbocycles. The third kappa shape index (κ3) is 2.41. The van der Waals surface area contributed by atoms with Crippen LogP contribution in [0.1, 0.15) is 10.4 Å². The summed E-state index contributed by atoms with van der Waals surface area (Å²) in [6.07, 6.45) is 0. The summed E-state index contributed by atoms with van der Waals surface area (Å²) in [6, 6.07) is 11.5. The summed E-state index contributed by atoms with van der Waals surface area (Å²) in [6.45, 7) is 0. The first-order valence-electron chi connectivity index (χ1n) is 5.88. The number of thiazole rings is 1. The van der Waals surface area contributed by atoms with Crippen molar-refractivity contribution in [2.24, 2.45) is 0 Å². The minimum atomic E-state index is -0.312. The number of aromatic hydroxyl groups is 1. The number of nitrogens with one attached hydrogen (secondary N) is 1. The third-order valence-corrected chi connectivity index (χ3v) is 3.67. The molecule has 0 radical (unpaired) electrons. The van der Waals surface area contributed by atoms with E-state index in [1.807, 2.05) is 12.1 Å². The fraction of sp³-hybridized carbons (Fsp3) is 0. The second kappa shape index (κ2) is 4.82. The molecule has 6 heteroatoms. The van der Waals surface area contributed by atoms with E-state index in [1.54, 1.807) is 18.2 Å². The van der Waals surface area contributed by atoms with Crippen LogP contribution < -0.4 is 11.1 Å². The summed E-state index contributed by atoms with van der Waals surface area (Å²) < 4.78 is 0.913. The molecule has 5 nitrogen and oxygen atoms in total. The number of carbonyl (C=O) groups excluding carboxylic acids is 1. The lowest BCUT2D eigenvalue weighted by Gasteiger charge is -2.01. The molecule has 0 aliphatic heterocycles. The van der Waals surface area contributed by atoms with Crippen molar-refractivity contribution in [2.45, 2.75) is 0 Å². The maximum Gasteiger partial charge on any atom is 0.257 e. The average molecular weight is 285 g/mol. The number of hydrogen-bond donors (Lipinski definition) is 3. The summed E-state index contributed by atoms with van der Waals surface area (Å²) in [4.78, 5) is 16.3. The molecule has 2 aromatic carbocycles. The molecule has 0 spiro atoms. The minimum Gasteiger partial charge on any atom is -0.508 e. The summed E-state index contributed by atoms with van der Waals surface area (Å²) in [5, 5.41) is 12.6. The van der Waals surface area contributed by atoms with Crippen molar-refractivity contribution in [3.8, 4) is 5.75 Å². The van der Waals surface area contributed by atoms with Crippen LogP contribution in [0.5, 0.6) is 5.75 Å². The van der Waals surface area contributed by atoms with Crippen LogP contribution in [-0.4, -0.2) is 16.0 Å². The first-order valence-corrected chi connectivity index (χ1v) is 6.70. The normalized spacial score (nSPS) is 10.6. The van der Waals surface area contributed by atoms with Gasteiger partial charge in [-0.05, 0) is 36.4 Å². The molecule has 0 fully saturated rings. The van der Waals surface area contributed by atoms with E-state index in [9.17, 15) is 9.90 Å². The zero-order valence-electron chi connectivity index (χ0n) is 10.3. The van der Waals surface area contributed by atoms with Gasteiger partial charge in [-0.25, -0.2) is 4.98 Å². The fourth-order valence-corrected chi connectivity index (χ4v) is 2.72. The molecule has 1 amide bonds. The van der Waals surface area contributed by atoms with Gasteiger partial charge in [-0.2, -0.15) is 0 Å². The number of carbonyl (C=O) groups is 1. The molecule has 0 aliphatic rings. The molecule has 1 aromatic heterocycles. The highest BCUT2D eigenvalue weighted by Crippen LogP contribution is 2.27. The van der Waals surface area contributed by atoms with Crippen molar-refractivity contribution in [3.63, 3.8) is 0 Å². The number of fused-ring (bicyclic) bond motifs is 1. The van der Waals surface area contributed by atoms with Crippen LogP contribution in [0.15, 0.2) is 42.5 Å². The van der Waals surface area contributed by atoms with Gasteiger partial charge in [0.05, 0.1) is 10.2 Å². The molecule has 4 N–H and O–H groups in total. The van der Waals surface area contributed by atoms with Crippen LogP contribution in [0.2, 0.25) is 0 Å². The van der Waals surface area contributed by atoms with Gasteiger partial charge < -0.3 is 10.8 Å². The highest BCUT2D eigenvalue weighted by molar-refractivity contribution is 7.22. The van der Waals surface area contributed by atoms with Crippen molar-refractivity contribution in [1.29, 1.82) is 0 Å². The molecule has 20 heavy (non-hydrogen) atoms. The number of nitrogens with zero attached hydrogens (tertiary/aromatic N) is 1. The van der Waals surface area contributed by atoms with E-state index in [4.69, 9.17) is 5.73 Å². The predicted octanol–water partition coefficient (Wildman–Crippen LogP) is 2.84. The number of phenolic OH excluding ortho intramolecular Hbond substituents is 1. The Morgan fingerprint density at radius 3 is 2.90 bits per heavy atom. The zero-order valence-corrected chi connectivity index (χ0v) is 11.1. The van der Waals surface area contributed by atoms with E-state index in [0.717, 1.165) is 10.2 Å². The Labute approximate surface area is 118 Å². The second-order valence-electron chi connectivity index (χ2n) is 4.25. The number of anilines is 2. The predicted molar refractivity (Wildman–Crippen MR) is 80.1 cm³/mol.